The summed E-state index contributed by atoms with van der Waals surface area (Å²) in [7, 11) is 0. The Hall–Kier alpha value is -3.64. The van der Waals surface area contributed by atoms with Gasteiger partial charge in [0, 0.05) is 35.6 Å². The summed E-state index contributed by atoms with van der Waals surface area (Å²) >= 11 is 0. The van der Waals surface area contributed by atoms with E-state index in [4.69, 9.17) is 30.4 Å². The van der Waals surface area contributed by atoms with E-state index in [-0.39, 0.29) is 13.1 Å². The Bertz CT molecular complexity index is 1150. The molecule has 12 heteroatoms. The number of carbonyl (C=O) groups excluding carboxylic acids is 2. The Labute approximate surface area is 245 Å². The van der Waals surface area contributed by atoms with Crippen molar-refractivity contribution in [3.63, 3.8) is 0 Å². The number of benzene rings is 2. The largest absolute Gasteiger partial charge is 0.444 e. The number of nitrogen functional groups attached to an aromatic ring is 2. The minimum absolute atomic E-state index is 0.260. The first-order valence-electron chi connectivity index (χ1n) is 13.8. The highest BCUT2D eigenvalue weighted by Gasteiger charge is 2.31. The van der Waals surface area contributed by atoms with Crippen molar-refractivity contribution in [1.29, 1.82) is 0 Å². The lowest BCUT2D eigenvalue weighted by Crippen LogP contribution is -2.44. The molecule has 0 aliphatic carbocycles. The number of amides is 2. The maximum atomic E-state index is 13.9. The minimum atomic E-state index is -0.558. The molecule has 2 aromatic carbocycles. The van der Waals surface area contributed by atoms with Crippen LogP contribution in [0.15, 0.2) is 36.4 Å². The Kier molecular flexibility index (Phi) is 10.6. The van der Waals surface area contributed by atoms with Gasteiger partial charge >= 0.3 is 12.2 Å². The van der Waals surface area contributed by atoms with E-state index >= 15 is 0 Å². The lowest BCUT2D eigenvalue weighted by molar-refractivity contribution is -0.0445. The zero-order valence-electron chi connectivity index (χ0n) is 25.1. The second kappa shape index (κ2) is 13.6. The maximum Gasteiger partial charge on any atom is 0.410 e. The molecule has 2 aliphatic heterocycles. The topological polar surface area (TPSA) is 130 Å². The fourth-order valence-corrected chi connectivity index (χ4v) is 4.27. The molecule has 0 spiro atoms. The standard InChI is InChI=1S/2C15H21FN2O3/c2*1-15(2,3)21-14(19)18-6-7-20-13(9-18)11-5-4-10(17)8-12(11)16/h2*4-5,8,13H,6-7,9,17H2,1-3H3/t2*13-/m10/s1. The van der Waals surface area contributed by atoms with Crippen LogP contribution < -0.4 is 11.5 Å². The summed E-state index contributed by atoms with van der Waals surface area (Å²) in [6, 6.07) is 8.93. The molecule has 42 heavy (non-hydrogen) atoms. The van der Waals surface area contributed by atoms with Crippen molar-refractivity contribution < 1.29 is 37.3 Å². The zero-order chi connectivity index (χ0) is 31.2. The van der Waals surface area contributed by atoms with Crippen LogP contribution in [0.3, 0.4) is 0 Å². The molecule has 0 saturated carbocycles. The zero-order valence-corrected chi connectivity index (χ0v) is 25.1. The van der Waals surface area contributed by atoms with Crippen LogP contribution in [0.5, 0.6) is 0 Å². The third kappa shape index (κ3) is 9.73. The predicted octanol–water partition coefficient (Wildman–Crippen LogP) is 5.43. The van der Waals surface area contributed by atoms with Crippen molar-refractivity contribution in [2.45, 2.75) is 65.0 Å². The second-order valence-corrected chi connectivity index (χ2v) is 12.1. The number of carbonyl (C=O) groups is 2. The summed E-state index contributed by atoms with van der Waals surface area (Å²) in [4.78, 5) is 27.2. The molecule has 2 aliphatic rings. The Balaban J connectivity index is 0.000000230. The van der Waals surface area contributed by atoms with Crippen LogP contribution in [0.2, 0.25) is 0 Å². The number of morpholine rings is 2. The van der Waals surface area contributed by atoms with Gasteiger partial charge < -0.3 is 40.2 Å². The highest BCUT2D eigenvalue weighted by atomic mass is 19.1. The lowest BCUT2D eigenvalue weighted by Gasteiger charge is -2.34. The molecular weight excluding hydrogens is 550 g/mol. The van der Waals surface area contributed by atoms with Gasteiger partial charge in [-0.25, -0.2) is 18.4 Å². The number of anilines is 2. The molecule has 0 bridgehead atoms. The number of ether oxygens (including phenoxy) is 4. The first-order valence-corrected chi connectivity index (χ1v) is 13.8. The lowest BCUT2D eigenvalue weighted by atomic mass is 10.1. The molecule has 2 saturated heterocycles. The third-order valence-electron chi connectivity index (χ3n) is 6.18. The fraction of sp³-hybridized carbons (Fsp3) is 0.533. The van der Waals surface area contributed by atoms with Gasteiger partial charge in [0.05, 0.1) is 26.3 Å². The van der Waals surface area contributed by atoms with Gasteiger partial charge in [0.25, 0.3) is 0 Å². The minimum Gasteiger partial charge on any atom is -0.444 e. The molecule has 0 radical (unpaired) electrons. The monoisotopic (exact) mass is 592 g/mol. The molecule has 232 valence electrons. The van der Waals surface area contributed by atoms with Crippen LogP contribution in [0, 0.1) is 11.6 Å². The number of nitrogens with zero attached hydrogens (tertiary/aromatic N) is 2. The molecule has 2 heterocycles. The quantitative estimate of drug-likeness (QED) is 0.442. The van der Waals surface area contributed by atoms with Crippen molar-refractivity contribution >= 4 is 23.6 Å². The first kappa shape index (κ1) is 32.9. The summed E-state index contributed by atoms with van der Waals surface area (Å²) < 4.78 is 49.7. The molecule has 0 aromatic heterocycles. The summed E-state index contributed by atoms with van der Waals surface area (Å²) in [5.74, 6) is -0.850. The Morgan fingerprint density at radius 2 is 1.10 bits per heavy atom. The number of hydrogen-bond donors (Lipinski definition) is 2. The van der Waals surface area contributed by atoms with E-state index in [9.17, 15) is 18.4 Å². The predicted molar refractivity (Wildman–Crippen MR) is 155 cm³/mol. The third-order valence-corrected chi connectivity index (χ3v) is 6.18. The summed E-state index contributed by atoms with van der Waals surface area (Å²) in [6.45, 7) is 12.9. The van der Waals surface area contributed by atoms with Crippen molar-refractivity contribution in [1.82, 2.24) is 9.80 Å². The number of halogens is 2. The van der Waals surface area contributed by atoms with Gasteiger partial charge in [-0.15, -0.1) is 0 Å². The molecular formula is C30H42F2N4O6. The van der Waals surface area contributed by atoms with E-state index in [0.717, 1.165) is 0 Å². The van der Waals surface area contributed by atoms with Crippen molar-refractivity contribution in [3.8, 4) is 0 Å². The van der Waals surface area contributed by atoms with Crippen molar-refractivity contribution in [2.75, 3.05) is 50.9 Å². The van der Waals surface area contributed by atoms with Crippen LogP contribution in [0.25, 0.3) is 0 Å². The maximum absolute atomic E-state index is 13.9. The van der Waals surface area contributed by atoms with E-state index in [1.54, 1.807) is 24.3 Å². The van der Waals surface area contributed by atoms with Crippen molar-refractivity contribution in [2.24, 2.45) is 0 Å². The van der Waals surface area contributed by atoms with E-state index in [1.807, 2.05) is 41.5 Å². The Morgan fingerprint density at radius 3 is 1.40 bits per heavy atom. The fourth-order valence-electron chi connectivity index (χ4n) is 4.27. The van der Waals surface area contributed by atoms with E-state index in [1.165, 1.54) is 21.9 Å². The second-order valence-electron chi connectivity index (χ2n) is 12.1. The summed E-state index contributed by atoms with van der Waals surface area (Å²) in [6.07, 6.45) is -1.84. The van der Waals surface area contributed by atoms with Crippen LogP contribution in [0.4, 0.5) is 29.7 Å². The van der Waals surface area contributed by atoms with Crippen LogP contribution in [-0.4, -0.2) is 72.6 Å². The highest BCUT2D eigenvalue weighted by molar-refractivity contribution is 5.68. The average Bonchev–Trinajstić information content (AvgIpc) is 2.87. The average molecular weight is 593 g/mol. The summed E-state index contributed by atoms with van der Waals surface area (Å²) in [5, 5.41) is 0. The van der Waals surface area contributed by atoms with Gasteiger partial charge in [-0.3, -0.25) is 0 Å². The van der Waals surface area contributed by atoms with Gasteiger partial charge in [-0.05, 0) is 65.8 Å². The van der Waals surface area contributed by atoms with E-state index < -0.39 is 47.2 Å². The molecule has 4 rings (SSSR count). The molecule has 10 nitrogen and oxygen atoms in total. The van der Waals surface area contributed by atoms with E-state index in [2.05, 4.69) is 0 Å². The molecule has 2 aromatic rings. The van der Waals surface area contributed by atoms with Crippen LogP contribution >= 0.6 is 0 Å². The summed E-state index contributed by atoms with van der Waals surface area (Å²) in [5.41, 5.74) is 11.5. The smallest absolute Gasteiger partial charge is 0.410 e. The number of rotatable bonds is 2. The van der Waals surface area contributed by atoms with E-state index in [0.29, 0.717) is 48.8 Å². The molecule has 2 atom stereocenters. The first-order chi connectivity index (χ1) is 19.5. The molecule has 2 fully saturated rings. The van der Waals surface area contributed by atoms with Gasteiger partial charge in [0.1, 0.15) is 35.0 Å². The van der Waals surface area contributed by atoms with Crippen LogP contribution in [0.1, 0.15) is 64.9 Å². The Morgan fingerprint density at radius 1 is 0.738 bits per heavy atom. The number of nitrogens with two attached hydrogens (primary N) is 2. The SMILES string of the molecule is CC(C)(C)OC(=O)N1CCO[C@@H](c2ccc(N)cc2F)C1.CC(C)(C)OC(=O)N1CCO[C@H](c2ccc(N)cc2F)C1. The van der Waals surface area contributed by atoms with Crippen molar-refractivity contribution in [3.05, 3.63) is 59.2 Å². The molecule has 0 unspecified atom stereocenters. The number of hydrogen-bond acceptors (Lipinski definition) is 8. The van der Waals surface area contributed by atoms with Gasteiger partial charge in [0.15, 0.2) is 0 Å². The van der Waals surface area contributed by atoms with Gasteiger partial charge in [-0.1, -0.05) is 12.1 Å². The molecule has 4 N–H and O–H groups in total. The van der Waals surface area contributed by atoms with Crippen LogP contribution in [-0.2, 0) is 18.9 Å². The van der Waals surface area contributed by atoms with Gasteiger partial charge in [-0.2, -0.15) is 0 Å². The molecule has 2 amide bonds. The highest BCUT2D eigenvalue weighted by Crippen LogP contribution is 2.28. The normalized spacial score (nSPS) is 19.4. The van der Waals surface area contributed by atoms with Gasteiger partial charge in [0.2, 0.25) is 0 Å².